The second-order valence-electron chi connectivity index (χ2n) is 8.86. The summed E-state index contributed by atoms with van der Waals surface area (Å²) in [5.41, 5.74) is 4.68. The average Bonchev–Trinajstić information content (AvgIpc) is 3.53. The zero-order valence-corrected chi connectivity index (χ0v) is 20.6. The van der Waals surface area contributed by atoms with Gasteiger partial charge in [0.15, 0.2) is 5.65 Å². The molecule has 35 heavy (non-hydrogen) atoms. The van der Waals surface area contributed by atoms with E-state index in [0.29, 0.717) is 19.6 Å². The van der Waals surface area contributed by atoms with Crippen molar-refractivity contribution in [3.8, 4) is 0 Å². The maximum atomic E-state index is 13.1. The normalized spacial score (nSPS) is 14.6. The van der Waals surface area contributed by atoms with Crippen LogP contribution in [0.15, 0.2) is 71.7 Å². The third kappa shape index (κ3) is 4.27. The molecule has 0 spiro atoms. The predicted molar refractivity (Wildman–Crippen MR) is 138 cm³/mol. The van der Waals surface area contributed by atoms with Gasteiger partial charge in [0.25, 0.3) is 5.91 Å². The van der Waals surface area contributed by atoms with Gasteiger partial charge >= 0.3 is 0 Å². The average molecular weight is 530 g/mol. The first kappa shape index (κ1) is 21.8. The summed E-state index contributed by atoms with van der Waals surface area (Å²) >= 11 is 3.59. The van der Waals surface area contributed by atoms with Crippen LogP contribution in [0.5, 0.6) is 0 Å². The number of hydrogen-bond acceptors (Lipinski definition) is 5. The van der Waals surface area contributed by atoms with Gasteiger partial charge in [-0.15, -0.1) is 0 Å². The summed E-state index contributed by atoms with van der Waals surface area (Å²) < 4.78 is 2.68. The quantitative estimate of drug-likeness (QED) is 0.334. The summed E-state index contributed by atoms with van der Waals surface area (Å²) in [4.78, 5) is 27.4. The lowest BCUT2D eigenvalue weighted by atomic mass is 9.92. The number of hydrogen-bond donors (Lipinski definition) is 2. The molecule has 8 nitrogen and oxygen atoms in total. The first-order valence-electron chi connectivity index (χ1n) is 11.7. The number of amides is 1. The summed E-state index contributed by atoms with van der Waals surface area (Å²) in [5, 5.41) is 9.02. The number of aromatic nitrogens is 5. The standard InChI is InChI=1S/C26H24BrN7O/c27-21-16-31-34-24(30-15-17-2-1-8-28-14-17)13-23(32-25(21)34)18-6-10-33(11-7-18)26(35)20-3-4-22-19(12-20)5-9-29-22/h1-5,8-9,12-14,16,18,29-30H,6-7,10-11,15H2. The molecule has 0 atom stereocenters. The van der Waals surface area contributed by atoms with Crippen molar-refractivity contribution < 1.29 is 4.79 Å². The van der Waals surface area contributed by atoms with Crippen LogP contribution in [0.2, 0.25) is 0 Å². The first-order valence-corrected chi connectivity index (χ1v) is 12.5. The van der Waals surface area contributed by atoms with Crippen LogP contribution < -0.4 is 5.32 Å². The number of carbonyl (C=O) groups is 1. The Morgan fingerprint density at radius 3 is 2.86 bits per heavy atom. The number of fused-ring (bicyclic) bond motifs is 2. The summed E-state index contributed by atoms with van der Waals surface area (Å²) in [6.07, 6.45) is 9.03. The largest absolute Gasteiger partial charge is 0.366 e. The summed E-state index contributed by atoms with van der Waals surface area (Å²) in [6, 6.07) is 13.9. The highest BCUT2D eigenvalue weighted by Crippen LogP contribution is 2.31. The van der Waals surface area contributed by atoms with Crippen LogP contribution in [-0.2, 0) is 6.54 Å². The van der Waals surface area contributed by atoms with E-state index >= 15 is 0 Å². The molecule has 1 aliphatic heterocycles. The van der Waals surface area contributed by atoms with Crippen LogP contribution in [-0.4, -0.2) is 48.5 Å². The molecule has 0 unspecified atom stereocenters. The molecule has 0 bridgehead atoms. The molecule has 176 valence electrons. The summed E-state index contributed by atoms with van der Waals surface area (Å²) in [5.74, 6) is 1.25. The zero-order valence-electron chi connectivity index (χ0n) is 19.0. The van der Waals surface area contributed by atoms with Gasteiger partial charge in [-0.05, 0) is 64.7 Å². The number of likely N-dealkylation sites (tertiary alicyclic amines) is 1. The van der Waals surface area contributed by atoms with Crippen molar-refractivity contribution in [2.45, 2.75) is 25.3 Å². The molecular weight excluding hydrogens is 506 g/mol. The molecule has 5 aromatic rings. The van der Waals surface area contributed by atoms with Crippen molar-refractivity contribution in [2.75, 3.05) is 18.4 Å². The fourth-order valence-corrected chi connectivity index (χ4v) is 5.08. The highest BCUT2D eigenvalue weighted by molar-refractivity contribution is 9.10. The van der Waals surface area contributed by atoms with Gasteiger partial charge in [-0.2, -0.15) is 9.61 Å². The number of carbonyl (C=O) groups excluding carboxylic acids is 1. The molecule has 0 radical (unpaired) electrons. The van der Waals surface area contributed by atoms with E-state index in [0.717, 1.165) is 56.5 Å². The van der Waals surface area contributed by atoms with Gasteiger partial charge in [0.05, 0.1) is 10.7 Å². The second-order valence-corrected chi connectivity index (χ2v) is 9.71. The number of benzene rings is 1. The minimum Gasteiger partial charge on any atom is -0.366 e. The van der Waals surface area contributed by atoms with E-state index in [9.17, 15) is 4.79 Å². The van der Waals surface area contributed by atoms with E-state index in [4.69, 9.17) is 4.98 Å². The molecule has 2 N–H and O–H groups in total. The van der Waals surface area contributed by atoms with Gasteiger partial charge in [0, 0.05) is 72.4 Å². The zero-order chi connectivity index (χ0) is 23.8. The van der Waals surface area contributed by atoms with Crippen LogP contribution in [0, 0.1) is 0 Å². The molecule has 1 amide bonds. The van der Waals surface area contributed by atoms with Crippen molar-refractivity contribution in [1.29, 1.82) is 0 Å². The number of piperidine rings is 1. The van der Waals surface area contributed by atoms with Crippen LogP contribution in [0.4, 0.5) is 5.82 Å². The highest BCUT2D eigenvalue weighted by Gasteiger charge is 2.26. The molecule has 1 aliphatic rings. The SMILES string of the molecule is O=C(c1ccc2[nH]ccc2c1)N1CCC(c2cc(NCc3cccnc3)n3ncc(Br)c3n2)CC1. The lowest BCUT2D eigenvalue weighted by Gasteiger charge is -2.32. The molecule has 5 heterocycles. The second kappa shape index (κ2) is 9.14. The van der Waals surface area contributed by atoms with Crippen LogP contribution in [0.3, 0.4) is 0 Å². The third-order valence-electron chi connectivity index (χ3n) is 6.65. The predicted octanol–water partition coefficient (Wildman–Crippen LogP) is 5.00. The maximum absolute atomic E-state index is 13.1. The topological polar surface area (TPSA) is 91.2 Å². The van der Waals surface area contributed by atoms with Gasteiger partial charge in [0.2, 0.25) is 0 Å². The van der Waals surface area contributed by atoms with Crippen LogP contribution in [0.1, 0.15) is 40.4 Å². The molecule has 0 aliphatic carbocycles. The summed E-state index contributed by atoms with van der Waals surface area (Å²) in [6.45, 7) is 2.06. The van der Waals surface area contributed by atoms with Crippen LogP contribution in [0.25, 0.3) is 16.6 Å². The Bertz CT molecular complexity index is 1500. The number of halogens is 1. The van der Waals surface area contributed by atoms with Crippen molar-refractivity contribution >= 4 is 44.2 Å². The van der Waals surface area contributed by atoms with E-state index in [1.165, 1.54) is 0 Å². The summed E-state index contributed by atoms with van der Waals surface area (Å²) in [7, 11) is 0. The number of nitrogens with zero attached hydrogens (tertiary/aromatic N) is 5. The monoisotopic (exact) mass is 529 g/mol. The Morgan fingerprint density at radius 2 is 2.03 bits per heavy atom. The van der Waals surface area contributed by atoms with Crippen molar-refractivity contribution in [1.82, 2.24) is 29.5 Å². The fraction of sp³-hybridized carbons (Fsp3) is 0.231. The molecule has 1 aromatic carbocycles. The van der Waals surface area contributed by atoms with E-state index in [-0.39, 0.29) is 11.8 Å². The molecular formula is C26H24BrN7O. The van der Waals surface area contributed by atoms with E-state index < -0.39 is 0 Å². The van der Waals surface area contributed by atoms with Gasteiger partial charge in [-0.3, -0.25) is 9.78 Å². The van der Waals surface area contributed by atoms with Gasteiger partial charge in [-0.1, -0.05) is 6.07 Å². The number of H-pyrrole nitrogens is 1. The fourth-order valence-electron chi connectivity index (χ4n) is 4.73. The first-order chi connectivity index (χ1) is 17.2. The van der Waals surface area contributed by atoms with Gasteiger partial charge < -0.3 is 15.2 Å². The van der Waals surface area contributed by atoms with Crippen molar-refractivity contribution in [3.63, 3.8) is 0 Å². The van der Waals surface area contributed by atoms with Gasteiger partial charge in [0.1, 0.15) is 5.82 Å². The highest BCUT2D eigenvalue weighted by atomic mass is 79.9. The number of anilines is 1. The minimum absolute atomic E-state index is 0.0901. The van der Waals surface area contributed by atoms with Gasteiger partial charge in [-0.25, -0.2) is 4.98 Å². The Kier molecular flexibility index (Phi) is 5.69. The third-order valence-corrected chi connectivity index (χ3v) is 7.21. The lowest BCUT2D eigenvalue weighted by Crippen LogP contribution is -2.38. The molecule has 1 fully saturated rings. The van der Waals surface area contributed by atoms with Crippen molar-refractivity contribution in [2.24, 2.45) is 0 Å². The Morgan fingerprint density at radius 1 is 1.14 bits per heavy atom. The number of nitrogens with one attached hydrogen (secondary N) is 2. The molecule has 1 saturated heterocycles. The maximum Gasteiger partial charge on any atom is 0.253 e. The van der Waals surface area contributed by atoms with E-state index in [1.54, 1.807) is 12.4 Å². The Balaban J connectivity index is 1.19. The number of pyridine rings is 1. The van der Waals surface area contributed by atoms with E-state index in [1.807, 2.05) is 58.2 Å². The van der Waals surface area contributed by atoms with Crippen LogP contribution >= 0.6 is 15.9 Å². The molecule has 4 aromatic heterocycles. The molecule has 0 saturated carbocycles. The Labute approximate surface area is 210 Å². The number of rotatable bonds is 5. The molecule has 6 rings (SSSR count). The van der Waals surface area contributed by atoms with Crippen molar-refractivity contribution in [3.05, 3.63) is 88.5 Å². The molecule has 9 heteroatoms. The number of aromatic amines is 1. The van der Waals surface area contributed by atoms with E-state index in [2.05, 4.69) is 42.4 Å². The minimum atomic E-state index is 0.0901. The smallest absolute Gasteiger partial charge is 0.253 e. The Hall–Kier alpha value is -3.72. The lowest BCUT2D eigenvalue weighted by molar-refractivity contribution is 0.0712.